The van der Waals surface area contributed by atoms with Crippen molar-refractivity contribution in [3.8, 4) is 0 Å². The van der Waals surface area contributed by atoms with Crippen LogP contribution in [0.5, 0.6) is 0 Å². The number of nitrogens with two attached hydrogens (primary N) is 1. The lowest BCUT2D eigenvalue weighted by Gasteiger charge is -2.38. The molecule has 0 aliphatic rings. The maximum absolute atomic E-state index is 12.1. The first kappa shape index (κ1) is 85.1. The quantitative estimate of drug-likeness (QED) is 0.0340. The largest absolute Gasteiger partial charge is 0.468 e. The number of likely N-dealkylation sites (N-methyl/N-ethyl adjacent to an activating group) is 3. The van der Waals surface area contributed by atoms with E-state index in [1.807, 2.05) is 102 Å². The molecule has 0 aliphatic carbocycles. The molecule has 0 saturated carbocycles. The van der Waals surface area contributed by atoms with E-state index in [2.05, 4.69) is 112 Å². The van der Waals surface area contributed by atoms with Gasteiger partial charge in [0.1, 0.15) is 22.4 Å². The zero-order valence-electron chi connectivity index (χ0n) is 57.8. The molecule has 0 fully saturated rings. The minimum Gasteiger partial charge on any atom is -0.468 e. The van der Waals surface area contributed by atoms with E-state index in [9.17, 15) is 24.0 Å². The van der Waals surface area contributed by atoms with E-state index in [4.69, 9.17) is 47.8 Å². The third-order valence-corrected chi connectivity index (χ3v) is 27.6. The fraction of sp³-hybridized carbons (Fsp3) is 0.917. The Hall–Kier alpha value is -2.32. The maximum Gasteiger partial charge on any atom is 0.319 e. The molecule has 0 aromatic rings. The third kappa shape index (κ3) is 45.7. The van der Waals surface area contributed by atoms with Crippen LogP contribution in [-0.2, 0) is 60.9 Å². The zero-order valence-corrected chi connectivity index (χ0v) is 60.8. The SMILES string of the molecule is CC(C)(C)OC(=O)CC[C@H](N)CO[Si](C)(C)C(C)(C)C.CN[C@@H](CCC(=O)OC(C)(C)C)CO[Si](C)(C)C(C)(C)C.CN[C@H](CO)CCC(=O)OC(C)(C)C.COC(=O)CN(C)[C@@H](CCC(=O)OC(C)(C)C)CO[Si](C)(C)C(C)(C)C. The van der Waals surface area contributed by atoms with Gasteiger partial charge in [0.2, 0.25) is 0 Å². The van der Waals surface area contributed by atoms with Gasteiger partial charge in [0.15, 0.2) is 25.0 Å². The van der Waals surface area contributed by atoms with Gasteiger partial charge in [0.25, 0.3) is 0 Å². The molecule has 0 aromatic carbocycles. The molecule has 0 aromatic heterocycles. The minimum absolute atomic E-state index is 0.0254. The van der Waals surface area contributed by atoms with Crippen molar-refractivity contribution in [2.75, 3.05) is 61.2 Å². The summed E-state index contributed by atoms with van der Waals surface area (Å²) < 4.78 is 44.4. The van der Waals surface area contributed by atoms with Gasteiger partial charge < -0.3 is 58.4 Å². The standard InChI is InChI=1S/C19H39NO5Si.C16H35NO3Si.C15H33NO3Si.C10H21NO3/c1-18(2,3)25-16(21)12-11-15(20(7)13-17(22)23-8)14-24-26(9,10)19(4,5)6;1-15(2,3)20-14(18)11-10-13(17-7)12-19-21(8,9)16(4,5)6;1-14(2,3)19-13(17)10-9-12(16)11-18-20(7,8)15(4,5)6;1-10(2,3)14-9(13)6-5-8(7-12)11-4/h15H,11-14H2,1-10H3;13,17H,10-12H2,1-9H3;12H,9-11,16H2,1-8H3;8,11-12H,5-7H2,1-4H3/t15-;13-;12-;8-/m0000/s1. The topological polar surface area (TPSA) is 233 Å². The lowest BCUT2D eigenvalue weighted by atomic mass is 10.1. The molecule has 5 N–H and O–H groups in total. The van der Waals surface area contributed by atoms with Gasteiger partial charge in [-0.3, -0.25) is 28.9 Å². The summed E-state index contributed by atoms with van der Waals surface area (Å²) in [6, 6.07) is -0.0125. The number of rotatable bonds is 27. The van der Waals surface area contributed by atoms with Crippen molar-refractivity contribution in [3.63, 3.8) is 0 Å². The van der Waals surface area contributed by atoms with Crippen molar-refractivity contribution in [2.45, 2.75) is 298 Å². The normalized spacial score (nSPS) is 14.5. The minimum atomic E-state index is -1.92. The second-order valence-electron chi connectivity index (χ2n) is 29.8. The van der Waals surface area contributed by atoms with Crippen LogP contribution in [-0.4, -0.2) is 173 Å². The maximum atomic E-state index is 12.1. The van der Waals surface area contributed by atoms with E-state index >= 15 is 0 Å². The lowest BCUT2D eigenvalue weighted by molar-refractivity contribution is -0.156. The Morgan fingerprint density at radius 3 is 1.02 bits per heavy atom. The summed E-state index contributed by atoms with van der Waals surface area (Å²) in [4.78, 5) is 60.2. The number of nitrogens with one attached hydrogen (secondary N) is 2. The molecular formula is C60H128N4O14Si3. The Bertz CT molecular complexity index is 1780. The molecule has 4 atom stereocenters. The predicted molar refractivity (Wildman–Crippen MR) is 339 cm³/mol. The van der Waals surface area contributed by atoms with Crippen molar-refractivity contribution in [1.82, 2.24) is 15.5 Å². The van der Waals surface area contributed by atoms with Gasteiger partial charge >= 0.3 is 29.8 Å². The molecule has 0 unspecified atom stereocenters. The van der Waals surface area contributed by atoms with Crippen LogP contribution in [0.2, 0.25) is 54.4 Å². The average molecular weight is 1210 g/mol. The van der Waals surface area contributed by atoms with Crippen LogP contribution in [0.3, 0.4) is 0 Å². The number of aliphatic hydroxyl groups is 1. The Balaban J connectivity index is -0.000000498. The summed E-state index contributed by atoms with van der Waals surface area (Å²) in [5.41, 5.74) is 4.26. The molecule has 0 spiro atoms. The summed E-state index contributed by atoms with van der Waals surface area (Å²) in [6.07, 6.45) is 3.89. The average Bonchev–Trinajstić information content (AvgIpc) is 3.25. The molecule has 0 bridgehead atoms. The van der Waals surface area contributed by atoms with E-state index in [1.165, 1.54) is 7.11 Å². The van der Waals surface area contributed by atoms with Crippen molar-refractivity contribution >= 4 is 54.8 Å². The van der Waals surface area contributed by atoms with Crippen LogP contribution >= 0.6 is 0 Å². The molecule has 0 amide bonds. The number of hydrogen-bond donors (Lipinski definition) is 4. The van der Waals surface area contributed by atoms with Crippen molar-refractivity contribution in [2.24, 2.45) is 5.73 Å². The number of hydrogen-bond acceptors (Lipinski definition) is 18. The second-order valence-corrected chi connectivity index (χ2v) is 44.2. The summed E-state index contributed by atoms with van der Waals surface area (Å²) in [5.74, 6) is -1.09. The van der Waals surface area contributed by atoms with Crippen LogP contribution in [0.4, 0.5) is 0 Å². The molecule has 18 nitrogen and oxygen atoms in total. The third-order valence-electron chi connectivity index (χ3n) is 14.1. The van der Waals surface area contributed by atoms with E-state index in [0.29, 0.717) is 58.3 Å². The van der Waals surface area contributed by atoms with Crippen molar-refractivity contribution in [3.05, 3.63) is 0 Å². The number of carbonyl (C=O) groups excluding carboxylic acids is 5. The highest BCUT2D eigenvalue weighted by Gasteiger charge is 2.40. The molecule has 0 aliphatic heterocycles. The molecule has 0 saturated heterocycles. The monoisotopic (exact) mass is 1210 g/mol. The van der Waals surface area contributed by atoms with Crippen LogP contribution in [0.25, 0.3) is 0 Å². The number of methoxy groups -OCH3 is 1. The number of nitrogens with zero attached hydrogens (tertiary/aromatic N) is 1. The molecule has 21 heteroatoms. The van der Waals surface area contributed by atoms with Gasteiger partial charge in [0, 0.05) is 69.7 Å². The summed E-state index contributed by atoms with van der Waals surface area (Å²) in [7, 11) is 1.49. The van der Waals surface area contributed by atoms with E-state index in [0.717, 1.165) is 6.42 Å². The number of carbonyl (C=O) groups is 5. The van der Waals surface area contributed by atoms with Gasteiger partial charge in [0.05, 0.1) is 20.3 Å². The molecule has 0 rings (SSSR count). The first-order valence-corrected chi connectivity index (χ1v) is 38.0. The molecular weight excluding hydrogens is 1080 g/mol. The van der Waals surface area contributed by atoms with Crippen LogP contribution in [0.1, 0.15) is 197 Å². The van der Waals surface area contributed by atoms with Crippen molar-refractivity contribution in [1.29, 1.82) is 0 Å². The number of ether oxygens (including phenoxy) is 5. The Labute approximate surface area is 499 Å². The summed E-state index contributed by atoms with van der Waals surface area (Å²) >= 11 is 0. The summed E-state index contributed by atoms with van der Waals surface area (Å²) in [5, 5.41) is 15.5. The van der Waals surface area contributed by atoms with Gasteiger partial charge in [-0.2, -0.15) is 0 Å². The molecule has 484 valence electrons. The number of aliphatic hydroxyl groups excluding tert-OH is 1. The van der Waals surface area contributed by atoms with Gasteiger partial charge in [-0.15, -0.1) is 0 Å². The molecule has 0 heterocycles. The first-order valence-electron chi connectivity index (χ1n) is 29.3. The summed E-state index contributed by atoms with van der Waals surface area (Å²) in [6.45, 7) is 57.3. The highest BCUT2D eigenvalue weighted by Crippen LogP contribution is 2.38. The van der Waals surface area contributed by atoms with Gasteiger partial charge in [-0.25, -0.2) is 0 Å². The smallest absolute Gasteiger partial charge is 0.319 e. The van der Waals surface area contributed by atoms with Crippen LogP contribution in [0, 0.1) is 0 Å². The van der Waals surface area contributed by atoms with Crippen molar-refractivity contribution < 1.29 is 66.0 Å². The Kier molecular flexibility index (Phi) is 39.2. The zero-order chi connectivity index (χ0) is 65.0. The second kappa shape index (κ2) is 37.3. The van der Waals surface area contributed by atoms with Gasteiger partial charge in [-0.1, -0.05) is 62.3 Å². The fourth-order valence-electron chi connectivity index (χ4n) is 5.87. The van der Waals surface area contributed by atoms with Gasteiger partial charge in [-0.05, 0) is 184 Å². The van der Waals surface area contributed by atoms with Crippen LogP contribution < -0.4 is 16.4 Å². The van der Waals surface area contributed by atoms with Crippen LogP contribution in [0.15, 0.2) is 0 Å². The first-order chi connectivity index (χ1) is 36.0. The number of esters is 5. The van der Waals surface area contributed by atoms with E-state index in [-0.39, 0.29) is 88.7 Å². The molecule has 0 radical (unpaired) electrons. The highest BCUT2D eigenvalue weighted by atomic mass is 28.4. The predicted octanol–water partition coefficient (Wildman–Crippen LogP) is 11.5. The lowest BCUT2D eigenvalue weighted by Crippen LogP contribution is -2.46. The van der Waals surface area contributed by atoms with E-state index < -0.39 is 47.4 Å². The fourth-order valence-corrected chi connectivity index (χ4v) is 9.03. The highest BCUT2D eigenvalue weighted by molar-refractivity contribution is 6.74. The van der Waals surface area contributed by atoms with E-state index in [1.54, 1.807) is 7.05 Å². The molecule has 81 heavy (non-hydrogen) atoms. The Morgan fingerprint density at radius 1 is 0.457 bits per heavy atom. The Morgan fingerprint density at radius 2 is 0.741 bits per heavy atom.